The van der Waals surface area contributed by atoms with Gasteiger partial charge in [-0.1, -0.05) is 30.0 Å². The van der Waals surface area contributed by atoms with Crippen molar-refractivity contribution in [2.75, 3.05) is 5.32 Å². The molecule has 0 spiro atoms. The van der Waals surface area contributed by atoms with E-state index in [0.29, 0.717) is 16.6 Å². The van der Waals surface area contributed by atoms with Crippen molar-refractivity contribution in [3.63, 3.8) is 0 Å². The fourth-order valence-electron chi connectivity index (χ4n) is 2.65. The van der Waals surface area contributed by atoms with Gasteiger partial charge in [0.05, 0.1) is 17.4 Å². The van der Waals surface area contributed by atoms with Crippen molar-refractivity contribution >= 4 is 34.0 Å². The van der Waals surface area contributed by atoms with E-state index in [2.05, 4.69) is 27.4 Å². The van der Waals surface area contributed by atoms with Gasteiger partial charge < -0.3 is 5.32 Å². The molecule has 4 nitrogen and oxygen atoms in total. The van der Waals surface area contributed by atoms with Crippen LogP contribution in [-0.4, -0.2) is 9.97 Å². The van der Waals surface area contributed by atoms with E-state index < -0.39 is 5.95 Å². The molecule has 1 N–H and O–H groups in total. The lowest BCUT2D eigenvalue weighted by Gasteiger charge is -2.11. The molecular formula is C21H13FN4S. The third-order valence-corrected chi connectivity index (χ3v) is 4.90. The van der Waals surface area contributed by atoms with Gasteiger partial charge in [-0.25, -0.2) is 9.97 Å². The first-order valence-electron chi connectivity index (χ1n) is 8.18. The summed E-state index contributed by atoms with van der Waals surface area (Å²) in [5.74, 6) is -0.591. The van der Waals surface area contributed by atoms with Gasteiger partial charge in [0.1, 0.15) is 11.8 Å². The minimum absolute atomic E-state index is 0.245. The van der Waals surface area contributed by atoms with E-state index in [1.807, 2.05) is 48.5 Å². The smallest absolute Gasteiger partial charge is 0.213 e. The molecule has 27 heavy (non-hydrogen) atoms. The van der Waals surface area contributed by atoms with E-state index in [1.165, 1.54) is 17.2 Å². The highest BCUT2D eigenvalue weighted by Crippen LogP contribution is 2.30. The standard InChI is InChI=1S/C21H13FN4S/c22-21-11-18-19(10-15(12-23)26-20(18)13-24-21)25-14-6-8-17(9-7-14)27-16-4-2-1-3-5-16/h1-11,13H,(H,25,26). The van der Waals surface area contributed by atoms with Crippen LogP contribution < -0.4 is 5.32 Å². The number of pyridine rings is 2. The Morgan fingerprint density at radius 1 is 0.963 bits per heavy atom. The first kappa shape index (κ1) is 17.0. The summed E-state index contributed by atoms with van der Waals surface area (Å²) in [6.45, 7) is 0. The fraction of sp³-hybridized carbons (Fsp3) is 0. The molecule has 6 heteroatoms. The molecule has 0 amide bonds. The highest BCUT2D eigenvalue weighted by Gasteiger charge is 2.08. The van der Waals surface area contributed by atoms with Gasteiger partial charge in [0.2, 0.25) is 5.95 Å². The van der Waals surface area contributed by atoms with Crippen molar-refractivity contribution in [3.05, 3.63) is 84.6 Å². The SMILES string of the molecule is N#Cc1cc(Nc2ccc(Sc3ccccc3)cc2)c2cc(F)ncc2n1. The monoisotopic (exact) mass is 372 g/mol. The first-order chi connectivity index (χ1) is 13.2. The van der Waals surface area contributed by atoms with Gasteiger partial charge >= 0.3 is 0 Å². The van der Waals surface area contributed by atoms with E-state index >= 15 is 0 Å². The molecule has 0 aliphatic rings. The van der Waals surface area contributed by atoms with Crippen LogP contribution in [0.3, 0.4) is 0 Å². The zero-order chi connectivity index (χ0) is 18.6. The molecule has 0 bridgehead atoms. The van der Waals surface area contributed by atoms with Gasteiger partial charge in [-0.3, -0.25) is 0 Å². The van der Waals surface area contributed by atoms with Crippen LogP contribution in [0.1, 0.15) is 5.69 Å². The molecular weight excluding hydrogens is 359 g/mol. The predicted molar refractivity (Wildman–Crippen MR) is 105 cm³/mol. The van der Waals surface area contributed by atoms with Crippen LogP contribution in [0.25, 0.3) is 10.9 Å². The zero-order valence-electron chi connectivity index (χ0n) is 14.1. The second-order valence-corrected chi connectivity index (χ2v) is 6.90. The Bertz CT molecular complexity index is 1140. The highest BCUT2D eigenvalue weighted by atomic mass is 32.2. The van der Waals surface area contributed by atoms with Gasteiger partial charge in [-0.15, -0.1) is 0 Å². The number of anilines is 2. The molecule has 0 aliphatic carbocycles. The number of hydrogen-bond acceptors (Lipinski definition) is 5. The topological polar surface area (TPSA) is 61.6 Å². The zero-order valence-corrected chi connectivity index (χ0v) is 14.9. The Labute approximate surface area is 159 Å². The number of aromatic nitrogens is 2. The lowest BCUT2D eigenvalue weighted by atomic mass is 10.2. The Morgan fingerprint density at radius 2 is 1.70 bits per heavy atom. The Morgan fingerprint density at radius 3 is 2.44 bits per heavy atom. The predicted octanol–water partition coefficient (Wildman–Crippen LogP) is 5.54. The number of halogens is 1. The molecule has 130 valence electrons. The van der Waals surface area contributed by atoms with Gasteiger partial charge in [0, 0.05) is 26.9 Å². The van der Waals surface area contributed by atoms with E-state index in [4.69, 9.17) is 0 Å². The van der Waals surface area contributed by atoms with E-state index in [9.17, 15) is 9.65 Å². The molecule has 0 aliphatic heterocycles. The summed E-state index contributed by atoms with van der Waals surface area (Å²) in [7, 11) is 0. The summed E-state index contributed by atoms with van der Waals surface area (Å²) in [5.41, 5.74) is 2.16. The number of hydrogen-bond donors (Lipinski definition) is 1. The summed E-state index contributed by atoms with van der Waals surface area (Å²) >= 11 is 1.67. The van der Waals surface area contributed by atoms with Gasteiger partial charge in [0.15, 0.2) is 0 Å². The van der Waals surface area contributed by atoms with Crippen LogP contribution in [0.2, 0.25) is 0 Å². The van der Waals surface area contributed by atoms with Crippen LogP contribution in [0.15, 0.2) is 82.7 Å². The van der Waals surface area contributed by atoms with E-state index in [0.717, 1.165) is 10.6 Å². The Hall–Kier alpha value is -3.43. The number of nitrogens with one attached hydrogen (secondary N) is 1. The van der Waals surface area contributed by atoms with Crippen molar-refractivity contribution in [3.8, 4) is 6.07 Å². The van der Waals surface area contributed by atoms with Gasteiger partial charge in [-0.05, 0) is 42.5 Å². The van der Waals surface area contributed by atoms with Crippen LogP contribution in [-0.2, 0) is 0 Å². The van der Waals surface area contributed by atoms with Crippen molar-refractivity contribution in [2.45, 2.75) is 9.79 Å². The number of fused-ring (bicyclic) bond motifs is 1. The van der Waals surface area contributed by atoms with E-state index in [1.54, 1.807) is 17.8 Å². The largest absolute Gasteiger partial charge is 0.355 e. The highest BCUT2D eigenvalue weighted by molar-refractivity contribution is 7.99. The summed E-state index contributed by atoms with van der Waals surface area (Å²) < 4.78 is 13.6. The quantitative estimate of drug-likeness (QED) is 0.477. The maximum absolute atomic E-state index is 13.6. The molecule has 0 radical (unpaired) electrons. The molecule has 4 aromatic rings. The van der Waals surface area contributed by atoms with Crippen molar-refractivity contribution in [2.24, 2.45) is 0 Å². The number of rotatable bonds is 4. The Balaban J connectivity index is 1.62. The van der Waals surface area contributed by atoms with Crippen LogP contribution in [0.4, 0.5) is 15.8 Å². The summed E-state index contributed by atoms with van der Waals surface area (Å²) in [5, 5.41) is 13.0. The number of nitriles is 1. The van der Waals surface area contributed by atoms with Crippen LogP contribution in [0, 0.1) is 17.3 Å². The summed E-state index contributed by atoms with van der Waals surface area (Å²) in [6, 6.07) is 23.0. The molecule has 4 rings (SSSR count). The third-order valence-electron chi connectivity index (χ3n) is 3.89. The minimum atomic E-state index is -0.591. The summed E-state index contributed by atoms with van der Waals surface area (Å²) in [6.07, 6.45) is 1.33. The fourth-order valence-corrected chi connectivity index (χ4v) is 3.49. The molecule has 0 unspecified atom stereocenters. The lowest BCUT2D eigenvalue weighted by Crippen LogP contribution is -1.96. The average Bonchev–Trinajstić information content (AvgIpc) is 2.70. The molecule has 2 aromatic carbocycles. The van der Waals surface area contributed by atoms with Gasteiger partial charge in [-0.2, -0.15) is 9.65 Å². The average molecular weight is 372 g/mol. The summed E-state index contributed by atoms with van der Waals surface area (Å²) in [4.78, 5) is 10.1. The van der Waals surface area contributed by atoms with Crippen LogP contribution >= 0.6 is 11.8 Å². The maximum atomic E-state index is 13.6. The first-order valence-corrected chi connectivity index (χ1v) is 8.99. The van der Waals surface area contributed by atoms with E-state index in [-0.39, 0.29) is 5.69 Å². The molecule has 2 heterocycles. The molecule has 0 saturated heterocycles. The lowest BCUT2D eigenvalue weighted by molar-refractivity contribution is 0.586. The third kappa shape index (κ3) is 3.89. The Kier molecular flexibility index (Phi) is 4.69. The van der Waals surface area contributed by atoms with Crippen LogP contribution in [0.5, 0.6) is 0 Å². The number of nitrogens with zero attached hydrogens (tertiary/aromatic N) is 3. The normalized spacial score (nSPS) is 10.5. The maximum Gasteiger partial charge on any atom is 0.213 e. The van der Waals surface area contributed by atoms with Crippen molar-refractivity contribution < 1.29 is 4.39 Å². The molecule has 0 fully saturated rings. The second kappa shape index (κ2) is 7.44. The number of benzene rings is 2. The van der Waals surface area contributed by atoms with Crippen molar-refractivity contribution in [1.82, 2.24) is 9.97 Å². The van der Waals surface area contributed by atoms with Gasteiger partial charge in [0.25, 0.3) is 0 Å². The van der Waals surface area contributed by atoms with Crippen molar-refractivity contribution in [1.29, 1.82) is 5.26 Å². The minimum Gasteiger partial charge on any atom is -0.355 e. The molecule has 0 saturated carbocycles. The second-order valence-electron chi connectivity index (χ2n) is 5.76. The molecule has 0 atom stereocenters. The molecule has 2 aromatic heterocycles.